The van der Waals surface area contributed by atoms with Crippen LogP contribution in [0.5, 0.6) is 0 Å². The Hall–Kier alpha value is -0.990. The molecule has 0 fully saturated rings. The first kappa shape index (κ1) is 7.01. The van der Waals surface area contributed by atoms with Crippen molar-refractivity contribution in [2.75, 3.05) is 13.2 Å². The molecule has 1 N–H and O–H groups in total. The molecule has 0 aliphatic heterocycles. The molecule has 0 rings (SSSR count). The standard InChI is InChI=1S/C4H7N3O/c5-7-6-3-1-2-4-8/h1-2,8H,3-4H2/b2-1+. The lowest BCUT2D eigenvalue weighted by molar-refractivity contribution is 0.342. The van der Waals surface area contributed by atoms with E-state index in [2.05, 4.69) is 10.0 Å². The van der Waals surface area contributed by atoms with Crippen molar-refractivity contribution >= 4 is 0 Å². The molecule has 0 saturated carbocycles. The topological polar surface area (TPSA) is 69.0 Å². The van der Waals surface area contributed by atoms with E-state index in [9.17, 15) is 0 Å². The van der Waals surface area contributed by atoms with Gasteiger partial charge in [-0.2, -0.15) is 0 Å². The van der Waals surface area contributed by atoms with Gasteiger partial charge in [0.2, 0.25) is 0 Å². The first-order valence-electron chi connectivity index (χ1n) is 2.18. The Kier molecular flexibility index (Phi) is 5.27. The lowest BCUT2D eigenvalue weighted by Crippen LogP contribution is -1.72. The molecular weight excluding hydrogens is 106 g/mol. The van der Waals surface area contributed by atoms with E-state index in [1.807, 2.05) is 0 Å². The second-order valence-corrected chi connectivity index (χ2v) is 1.07. The van der Waals surface area contributed by atoms with Crippen LogP contribution in [0, 0.1) is 0 Å². The molecule has 0 radical (unpaired) electrons. The molecule has 0 spiro atoms. The summed E-state index contributed by atoms with van der Waals surface area (Å²) in [5.74, 6) is 0. The van der Waals surface area contributed by atoms with Crippen molar-refractivity contribution in [3.63, 3.8) is 0 Å². The summed E-state index contributed by atoms with van der Waals surface area (Å²) in [7, 11) is 0. The van der Waals surface area contributed by atoms with Gasteiger partial charge in [-0.25, -0.2) is 0 Å². The van der Waals surface area contributed by atoms with Crippen LogP contribution in [0.3, 0.4) is 0 Å². The molecule has 4 nitrogen and oxygen atoms in total. The minimum absolute atomic E-state index is 0.000941. The number of rotatable bonds is 3. The molecule has 0 saturated heterocycles. The Morgan fingerprint density at radius 3 is 2.88 bits per heavy atom. The monoisotopic (exact) mass is 113 g/mol. The van der Waals surface area contributed by atoms with E-state index < -0.39 is 0 Å². The second-order valence-electron chi connectivity index (χ2n) is 1.07. The highest BCUT2D eigenvalue weighted by atomic mass is 16.2. The zero-order chi connectivity index (χ0) is 6.24. The summed E-state index contributed by atoms with van der Waals surface area (Å²) in [6.45, 7) is 0.317. The average molecular weight is 113 g/mol. The maximum Gasteiger partial charge on any atom is 0.0612 e. The van der Waals surface area contributed by atoms with Gasteiger partial charge in [-0.15, -0.1) is 0 Å². The molecule has 0 bridgehead atoms. The molecular formula is C4H7N3O. The van der Waals surface area contributed by atoms with Crippen LogP contribution in [-0.4, -0.2) is 18.3 Å². The first-order chi connectivity index (χ1) is 3.91. The molecule has 0 amide bonds. The zero-order valence-electron chi connectivity index (χ0n) is 4.36. The smallest absolute Gasteiger partial charge is 0.0612 e. The van der Waals surface area contributed by atoms with Gasteiger partial charge < -0.3 is 5.11 Å². The van der Waals surface area contributed by atoms with Gasteiger partial charge in [0.25, 0.3) is 0 Å². The van der Waals surface area contributed by atoms with Crippen LogP contribution in [0.2, 0.25) is 0 Å². The van der Waals surface area contributed by atoms with Crippen molar-refractivity contribution in [2.24, 2.45) is 5.11 Å². The Morgan fingerprint density at radius 2 is 2.38 bits per heavy atom. The highest BCUT2D eigenvalue weighted by Gasteiger charge is 1.66. The van der Waals surface area contributed by atoms with Gasteiger partial charge in [0.15, 0.2) is 0 Å². The molecule has 0 aliphatic rings. The molecule has 8 heavy (non-hydrogen) atoms. The fourth-order valence-corrected chi connectivity index (χ4v) is 0.233. The van der Waals surface area contributed by atoms with E-state index in [1.165, 1.54) is 6.08 Å². The highest BCUT2D eigenvalue weighted by molar-refractivity contribution is 4.82. The fraction of sp³-hybridized carbons (Fsp3) is 0.500. The van der Waals surface area contributed by atoms with E-state index in [-0.39, 0.29) is 6.61 Å². The summed E-state index contributed by atoms with van der Waals surface area (Å²) < 4.78 is 0. The van der Waals surface area contributed by atoms with Crippen LogP contribution >= 0.6 is 0 Å². The third-order valence-corrected chi connectivity index (χ3v) is 0.522. The third-order valence-electron chi connectivity index (χ3n) is 0.522. The minimum atomic E-state index is 0.000941. The van der Waals surface area contributed by atoms with E-state index >= 15 is 0 Å². The van der Waals surface area contributed by atoms with Crippen molar-refractivity contribution in [1.29, 1.82) is 0 Å². The summed E-state index contributed by atoms with van der Waals surface area (Å²) in [5, 5.41) is 11.3. The molecule has 0 atom stereocenters. The normalized spacial score (nSPS) is 9.12. The molecule has 44 valence electrons. The Balaban J connectivity index is 3.15. The van der Waals surface area contributed by atoms with E-state index in [4.69, 9.17) is 10.6 Å². The van der Waals surface area contributed by atoms with E-state index in [1.54, 1.807) is 6.08 Å². The number of nitrogens with zero attached hydrogens (tertiary/aromatic N) is 3. The third kappa shape index (κ3) is 5.01. The fourth-order valence-electron chi connectivity index (χ4n) is 0.233. The van der Waals surface area contributed by atoms with Crippen LogP contribution in [0.25, 0.3) is 10.4 Å². The van der Waals surface area contributed by atoms with Crippen LogP contribution in [-0.2, 0) is 0 Å². The molecule has 0 aliphatic carbocycles. The lowest BCUT2D eigenvalue weighted by Gasteiger charge is -1.74. The summed E-state index contributed by atoms with van der Waals surface area (Å²) in [5.41, 5.74) is 7.73. The van der Waals surface area contributed by atoms with Crippen molar-refractivity contribution in [3.8, 4) is 0 Å². The van der Waals surface area contributed by atoms with E-state index in [0.717, 1.165) is 0 Å². The molecule has 0 aromatic rings. The van der Waals surface area contributed by atoms with Crippen LogP contribution < -0.4 is 0 Å². The number of azide groups is 1. The van der Waals surface area contributed by atoms with Gasteiger partial charge in [-0.1, -0.05) is 17.3 Å². The summed E-state index contributed by atoms with van der Waals surface area (Å²) >= 11 is 0. The van der Waals surface area contributed by atoms with Crippen LogP contribution in [0.4, 0.5) is 0 Å². The molecule has 0 aromatic carbocycles. The largest absolute Gasteiger partial charge is 0.392 e. The maximum absolute atomic E-state index is 8.14. The van der Waals surface area contributed by atoms with Crippen molar-refractivity contribution < 1.29 is 5.11 Å². The summed E-state index contributed by atoms with van der Waals surface area (Å²) in [6, 6.07) is 0. The number of aliphatic hydroxyl groups excluding tert-OH is 1. The maximum atomic E-state index is 8.14. The SMILES string of the molecule is [N-]=[N+]=NC/C=C/CO. The number of hydrogen-bond acceptors (Lipinski definition) is 2. The molecule has 0 aromatic heterocycles. The summed E-state index contributed by atoms with van der Waals surface area (Å²) in [4.78, 5) is 2.50. The Labute approximate surface area is 47.1 Å². The van der Waals surface area contributed by atoms with Gasteiger partial charge in [0.05, 0.1) is 6.61 Å². The average Bonchev–Trinajstić information content (AvgIpc) is 1.81. The lowest BCUT2D eigenvalue weighted by atomic mass is 10.5. The van der Waals surface area contributed by atoms with Gasteiger partial charge >= 0.3 is 0 Å². The van der Waals surface area contributed by atoms with Gasteiger partial charge in [0.1, 0.15) is 0 Å². The predicted molar refractivity (Wildman–Crippen MR) is 30.2 cm³/mol. The van der Waals surface area contributed by atoms with Crippen molar-refractivity contribution in [3.05, 3.63) is 22.6 Å². The van der Waals surface area contributed by atoms with Gasteiger partial charge in [-0.05, 0) is 5.53 Å². The molecule has 0 unspecified atom stereocenters. The Bertz CT molecular complexity index is 114. The number of hydrogen-bond donors (Lipinski definition) is 1. The van der Waals surface area contributed by atoms with Crippen LogP contribution in [0.15, 0.2) is 17.3 Å². The van der Waals surface area contributed by atoms with E-state index in [0.29, 0.717) is 6.54 Å². The van der Waals surface area contributed by atoms with Crippen molar-refractivity contribution in [2.45, 2.75) is 0 Å². The molecule has 4 heteroatoms. The second kappa shape index (κ2) is 6.01. The Morgan fingerprint density at radius 1 is 1.62 bits per heavy atom. The summed E-state index contributed by atoms with van der Waals surface area (Å²) in [6.07, 6.45) is 3.12. The first-order valence-corrected chi connectivity index (χ1v) is 2.18. The van der Waals surface area contributed by atoms with Crippen LogP contribution in [0.1, 0.15) is 0 Å². The number of aliphatic hydroxyl groups is 1. The molecule has 0 heterocycles. The minimum Gasteiger partial charge on any atom is -0.392 e. The quantitative estimate of drug-likeness (QED) is 0.250. The van der Waals surface area contributed by atoms with Gasteiger partial charge in [-0.3, -0.25) is 0 Å². The zero-order valence-corrected chi connectivity index (χ0v) is 4.36. The van der Waals surface area contributed by atoms with Crippen molar-refractivity contribution in [1.82, 2.24) is 0 Å². The van der Waals surface area contributed by atoms with Gasteiger partial charge in [0, 0.05) is 11.5 Å². The predicted octanol–water partition coefficient (Wildman–Crippen LogP) is 0.845. The highest BCUT2D eigenvalue weighted by Crippen LogP contribution is 1.73.